The SMILES string of the molecule is Cc1cc(C)c(C(C)NC(=O)c2ccc(CN3CCN(S(=O)(=O)c4ccccc4)CC3)cc2)cc1C. The second kappa shape index (κ2) is 10.9. The molecule has 4 rings (SSSR count). The van der Waals surface area contributed by atoms with E-state index in [1.165, 1.54) is 16.7 Å². The van der Waals surface area contributed by atoms with Gasteiger partial charge in [0.25, 0.3) is 5.91 Å². The van der Waals surface area contributed by atoms with E-state index in [0.717, 1.165) is 17.7 Å². The number of piperazine rings is 1. The summed E-state index contributed by atoms with van der Waals surface area (Å²) in [4.78, 5) is 15.4. The van der Waals surface area contributed by atoms with E-state index in [9.17, 15) is 13.2 Å². The fourth-order valence-corrected chi connectivity index (χ4v) is 6.14. The lowest BCUT2D eigenvalue weighted by Gasteiger charge is -2.34. The summed E-state index contributed by atoms with van der Waals surface area (Å²) in [7, 11) is -3.45. The molecule has 1 N–H and O–H groups in total. The molecule has 0 spiro atoms. The molecule has 1 saturated heterocycles. The number of rotatable bonds is 7. The smallest absolute Gasteiger partial charge is 0.251 e. The minimum Gasteiger partial charge on any atom is -0.346 e. The highest BCUT2D eigenvalue weighted by molar-refractivity contribution is 7.89. The van der Waals surface area contributed by atoms with Gasteiger partial charge in [0, 0.05) is 38.3 Å². The normalized spacial score (nSPS) is 16.0. The summed E-state index contributed by atoms with van der Waals surface area (Å²) < 4.78 is 27.2. The van der Waals surface area contributed by atoms with Crippen LogP contribution in [-0.2, 0) is 16.6 Å². The predicted octanol–water partition coefficient (Wildman–Crippen LogP) is 4.61. The number of aryl methyl sites for hydroxylation is 3. The van der Waals surface area contributed by atoms with Crippen molar-refractivity contribution in [3.8, 4) is 0 Å². The molecule has 6 nitrogen and oxygen atoms in total. The fourth-order valence-electron chi connectivity index (χ4n) is 4.70. The maximum Gasteiger partial charge on any atom is 0.251 e. The summed E-state index contributed by atoms with van der Waals surface area (Å²) in [5.74, 6) is -0.0913. The number of nitrogens with zero attached hydrogens (tertiary/aromatic N) is 2. The van der Waals surface area contributed by atoms with Gasteiger partial charge < -0.3 is 5.32 Å². The number of carbonyl (C=O) groups excluding carboxylic acids is 1. The van der Waals surface area contributed by atoms with Crippen LogP contribution in [0.15, 0.2) is 71.6 Å². The van der Waals surface area contributed by atoms with Crippen LogP contribution in [0.1, 0.15) is 51.1 Å². The van der Waals surface area contributed by atoms with Crippen LogP contribution in [-0.4, -0.2) is 49.7 Å². The first-order valence-corrected chi connectivity index (χ1v) is 13.8. The van der Waals surface area contributed by atoms with Crippen molar-refractivity contribution in [3.63, 3.8) is 0 Å². The molecule has 0 aromatic heterocycles. The number of sulfonamides is 1. The van der Waals surface area contributed by atoms with Crippen molar-refractivity contribution in [2.24, 2.45) is 0 Å². The lowest BCUT2D eigenvalue weighted by Crippen LogP contribution is -2.48. The Morgan fingerprint density at radius 1 is 0.861 bits per heavy atom. The summed E-state index contributed by atoms with van der Waals surface area (Å²) in [5, 5.41) is 3.12. The third-order valence-corrected chi connectivity index (χ3v) is 8.94. The fraction of sp³-hybridized carbons (Fsp3) is 0.345. The summed E-state index contributed by atoms with van der Waals surface area (Å²) in [6.07, 6.45) is 0. The minimum absolute atomic E-state index is 0.0834. The molecule has 0 aliphatic carbocycles. The molecule has 0 bridgehead atoms. The molecular weight excluding hydrogens is 470 g/mol. The van der Waals surface area contributed by atoms with E-state index in [2.05, 4.69) is 43.1 Å². The Hall–Kier alpha value is -3.00. The van der Waals surface area contributed by atoms with Gasteiger partial charge in [0.2, 0.25) is 10.0 Å². The monoisotopic (exact) mass is 505 g/mol. The molecule has 1 aliphatic rings. The second-order valence-corrected chi connectivity index (χ2v) is 11.6. The largest absolute Gasteiger partial charge is 0.346 e. The molecular formula is C29H35N3O3S. The molecule has 7 heteroatoms. The van der Waals surface area contributed by atoms with Crippen molar-refractivity contribution in [1.82, 2.24) is 14.5 Å². The van der Waals surface area contributed by atoms with Gasteiger partial charge in [-0.05, 0) is 79.8 Å². The zero-order chi connectivity index (χ0) is 25.9. The van der Waals surface area contributed by atoms with Crippen LogP contribution in [0.2, 0.25) is 0 Å². The molecule has 1 unspecified atom stereocenters. The van der Waals surface area contributed by atoms with Gasteiger partial charge >= 0.3 is 0 Å². The highest BCUT2D eigenvalue weighted by atomic mass is 32.2. The number of benzene rings is 3. The summed E-state index contributed by atoms with van der Waals surface area (Å²) in [6.45, 7) is 11.3. The van der Waals surface area contributed by atoms with E-state index in [0.29, 0.717) is 36.6 Å². The molecule has 1 atom stereocenters. The standard InChI is InChI=1S/C29H35N3O3S/c1-21-18-23(3)28(19-22(21)2)24(4)30-29(33)26-12-10-25(11-13-26)20-31-14-16-32(17-15-31)36(34,35)27-8-6-5-7-9-27/h5-13,18-19,24H,14-17,20H2,1-4H3,(H,30,33). The van der Waals surface area contributed by atoms with Crippen LogP contribution >= 0.6 is 0 Å². The van der Waals surface area contributed by atoms with Gasteiger partial charge in [-0.1, -0.05) is 42.5 Å². The Labute approximate surface area is 215 Å². The van der Waals surface area contributed by atoms with Crippen molar-refractivity contribution in [2.75, 3.05) is 26.2 Å². The lowest BCUT2D eigenvalue weighted by atomic mass is 9.96. The van der Waals surface area contributed by atoms with Gasteiger partial charge in [-0.15, -0.1) is 0 Å². The van der Waals surface area contributed by atoms with Crippen LogP contribution in [0.5, 0.6) is 0 Å². The quantitative estimate of drug-likeness (QED) is 0.509. The van der Waals surface area contributed by atoms with Crippen molar-refractivity contribution < 1.29 is 13.2 Å². The Balaban J connectivity index is 1.32. The zero-order valence-electron chi connectivity index (χ0n) is 21.5. The molecule has 0 radical (unpaired) electrons. The Morgan fingerprint density at radius 3 is 2.11 bits per heavy atom. The number of carbonyl (C=O) groups is 1. The third kappa shape index (κ3) is 5.86. The molecule has 1 fully saturated rings. The number of hydrogen-bond acceptors (Lipinski definition) is 4. The lowest BCUT2D eigenvalue weighted by molar-refractivity contribution is 0.0939. The number of hydrogen-bond donors (Lipinski definition) is 1. The van der Waals surface area contributed by atoms with Crippen LogP contribution in [0.3, 0.4) is 0 Å². The molecule has 190 valence electrons. The number of nitrogens with one attached hydrogen (secondary N) is 1. The average molecular weight is 506 g/mol. The molecule has 1 aliphatic heterocycles. The van der Waals surface area contributed by atoms with Gasteiger partial charge in [-0.25, -0.2) is 8.42 Å². The van der Waals surface area contributed by atoms with Gasteiger partial charge in [0.15, 0.2) is 0 Å². The van der Waals surface area contributed by atoms with Crippen molar-refractivity contribution in [3.05, 3.63) is 100 Å². The Morgan fingerprint density at radius 2 is 1.47 bits per heavy atom. The molecule has 0 saturated carbocycles. The first-order valence-electron chi connectivity index (χ1n) is 12.4. The maximum absolute atomic E-state index is 12.9. The summed E-state index contributed by atoms with van der Waals surface area (Å²) >= 11 is 0. The van der Waals surface area contributed by atoms with Crippen molar-refractivity contribution in [1.29, 1.82) is 0 Å². The Kier molecular flexibility index (Phi) is 7.93. The van der Waals surface area contributed by atoms with E-state index >= 15 is 0 Å². The van der Waals surface area contributed by atoms with Crippen LogP contribution in [0, 0.1) is 20.8 Å². The highest BCUT2D eigenvalue weighted by Gasteiger charge is 2.28. The van der Waals surface area contributed by atoms with Gasteiger partial charge in [-0.2, -0.15) is 4.31 Å². The van der Waals surface area contributed by atoms with Crippen LogP contribution < -0.4 is 5.32 Å². The molecule has 3 aromatic rings. The zero-order valence-corrected chi connectivity index (χ0v) is 22.3. The van der Waals surface area contributed by atoms with Crippen LogP contribution in [0.25, 0.3) is 0 Å². The highest BCUT2D eigenvalue weighted by Crippen LogP contribution is 2.22. The summed E-state index contributed by atoms with van der Waals surface area (Å²) in [6, 6.07) is 20.5. The van der Waals surface area contributed by atoms with Crippen LogP contribution in [0.4, 0.5) is 0 Å². The summed E-state index contributed by atoms with van der Waals surface area (Å²) in [5.41, 5.74) is 6.52. The van der Waals surface area contributed by atoms with E-state index in [4.69, 9.17) is 0 Å². The first kappa shape index (κ1) is 26.1. The first-order chi connectivity index (χ1) is 17.1. The number of amides is 1. The van der Waals surface area contributed by atoms with Gasteiger partial charge in [0.1, 0.15) is 0 Å². The predicted molar refractivity (Wildman–Crippen MR) is 143 cm³/mol. The van der Waals surface area contributed by atoms with E-state index in [1.807, 2.05) is 37.3 Å². The van der Waals surface area contributed by atoms with Crippen molar-refractivity contribution >= 4 is 15.9 Å². The van der Waals surface area contributed by atoms with Gasteiger partial charge in [-0.3, -0.25) is 9.69 Å². The van der Waals surface area contributed by atoms with Crippen molar-refractivity contribution in [2.45, 2.75) is 45.2 Å². The average Bonchev–Trinajstić information content (AvgIpc) is 2.87. The Bertz CT molecular complexity index is 1310. The molecule has 1 amide bonds. The molecule has 36 heavy (non-hydrogen) atoms. The molecule has 1 heterocycles. The minimum atomic E-state index is -3.45. The molecule has 3 aromatic carbocycles. The van der Waals surface area contributed by atoms with Gasteiger partial charge in [0.05, 0.1) is 10.9 Å². The third-order valence-electron chi connectivity index (χ3n) is 7.03. The van der Waals surface area contributed by atoms with E-state index in [-0.39, 0.29) is 11.9 Å². The second-order valence-electron chi connectivity index (χ2n) is 9.68. The topological polar surface area (TPSA) is 69.7 Å². The van der Waals surface area contributed by atoms with E-state index < -0.39 is 10.0 Å². The maximum atomic E-state index is 12.9. The van der Waals surface area contributed by atoms with E-state index in [1.54, 1.807) is 28.6 Å².